The largest absolute Gasteiger partial charge is 0.454 e. The molecule has 0 spiro atoms. The Labute approximate surface area is 184 Å². The number of esters is 1. The number of hydrogen-bond donors (Lipinski definition) is 2. The highest BCUT2D eigenvalue weighted by Gasteiger charge is 2.24. The van der Waals surface area contributed by atoms with Gasteiger partial charge >= 0.3 is 5.97 Å². The van der Waals surface area contributed by atoms with Gasteiger partial charge in [0.25, 0.3) is 11.8 Å². The molecule has 0 aliphatic heterocycles. The van der Waals surface area contributed by atoms with Crippen molar-refractivity contribution in [2.45, 2.75) is 12.5 Å². The highest BCUT2D eigenvalue weighted by Crippen LogP contribution is 2.18. The molecule has 0 aromatic heterocycles. The molecule has 2 aromatic rings. The van der Waals surface area contributed by atoms with Gasteiger partial charge in [-0.3, -0.25) is 9.59 Å². The summed E-state index contributed by atoms with van der Waals surface area (Å²) in [7, 11) is 0. The second kappa shape index (κ2) is 11.7. The van der Waals surface area contributed by atoms with Crippen LogP contribution in [0.5, 0.6) is 0 Å². The Hall–Kier alpha value is -2.46. The zero-order valence-corrected chi connectivity index (χ0v) is 18.3. The van der Waals surface area contributed by atoms with Crippen molar-refractivity contribution in [1.82, 2.24) is 5.32 Å². The molecule has 6 nitrogen and oxygen atoms in total. The van der Waals surface area contributed by atoms with E-state index >= 15 is 0 Å². The van der Waals surface area contributed by atoms with Gasteiger partial charge in [0.1, 0.15) is 23.4 Å². The number of carbonyl (C=O) groups is 3. The molecule has 0 radical (unpaired) electrons. The van der Waals surface area contributed by atoms with Gasteiger partial charge in [-0.05, 0) is 58.6 Å². The number of nitrogens with one attached hydrogen (secondary N) is 2. The molecule has 2 N–H and O–H groups in total. The van der Waals surface area contributed by atoms with Crippen LogP contribution in [0.15, 0.2) is 46.9 Å². The first kappa shape index (κ1) is 23.8. The van der Waals surface area contributed by atoms with Crippen molar-refractivity contribution >= 4 is 51.2 Å². The molecule has 0 unspecified atom stereocenters. The van der Waals surface area contributed by atoms with Crippen molar-refractivity contribution in [3.8, 4) is 0 Å². The van der Waals surface area contributed by atoms with Crippen LogP contribution in [0.2, 0.25) is 0 Å². The molecule has 10 heteroatoms. The SMILES string of the molecule is CSCC[C@H](NC(=O)c1ccccc1Br)C(=O)OCC(=O)Nc1c(F)cccc1F. The van der Waals surface area contributed by atoms with Crippen LogP contribution in [0, 0.1) is 11.6 Å². The molecule has 2 amide bonds. The third kappa shape index (κ3) is 6.81. The molecule has 0 aliphatic rings. The van der Waals surface area contributed by atoms with Gasteiger partial charge in [-0.15, -0.1) is 0 Å². The van der Waals surface area contributed by atoms with Crippen molar-refractivity contribution in [1.29, 1.82) is 0 Å². The fraction of sp³-hybridized carbons (Fsp3) is 0.250. The first-order valence-electron chi connectivity index (χ1n) is 8.78. The summed E-state index contributed by atoms with van der Waals surface area (Å²) in [6, 6.07) is 8.85. The number of hydrogen-bond acceptors (Lipinski definition) is 5. The summed E-state index contributed by atoms with van der Waals surface area (Å²) < 4.78 is 32.7. The van der Waals surface area contributed by atoms with Gasteiger partial charge in [-0.25, -0.2) is 13.6 Å². The summed E-state index contributed by atoms with van der Waals surface area (Å²) in [5.74, 6) is -3.56. The number of anilines is 1. The third-order valence-corrected chi connectivity index (χ3v) is 5.23. The molecule has 0 bridgehead atoms. The molecule has 0 fully saturated rings. The number of ether oxygens (including phenoxy) is 1. The predicted molar refractivity (Wildman–Crippen MR) is 114 cm³/mol. The Kier molecular flexibility index (Phi) is 9.25. The summed E-state index contributed by atoms with van der Waals surface area (Å²) >= 11 is 4.75. The van der Waals surface area contributed by atoms with E-state index in [1.165, 1.54) is 11.8 Å². The zero-order chi connectivity index (χ0) is 22.1. The van der Waals surface area contributed by atoms with Crippen molar-refractivity contribution in [3.05, 3.63) is 64.1 Å². The minimum Gasteiger partial charge on any atom is -0.454 e. The quantitative estimate of drug-likeness (QED) is 0.512. The molecule has 30 heavy (non-hydrogen) atoms. The molecule has 2 rings (SSSR count). The molecule has 0 saturated heterocycles. The normalized spacial score (nSPS) is 11.5. The van der Waals surface area contributed by atoms with Gasteiger partial charge in [0, 0.05) is 4.47 Å². The maximum atomic E-state index is 13.6. The van der Waals surface area contributed by atoms with Crippen LogP contribution in [0.1, 0.15) is 16.8 Å². The molecule has 0 heterocycles. The number of amides is 2. The van der Waals surface area contributed by atoms with E-state index in [1.807, 2.05) is 11.6 Å². The van der Waals surface area contributed by atoms with E-state index in [0.29, 0.717) is 15.8 Å². The molecular formula is C20H19BrF2N2O4S. The molecule has 2 aromatic carbocycles. The van der Waals surface area contributed by atoms with E-state index in [4.69, 9.17) is 4.74 Å². The maximum Gasteiger partial charge on any atom is 0.329 e. The average molecular weight is 501 g/mol. The maximum absolute atomic E-state index is 13.6. The lowest BCUT2D eigenvalue weighted by atomic mass is 10.1. The summed E-state index contributed by atoms with van der Waals surface area (Å²) in [5.41, 5.74) is -0.285. The second-order valence-corrected chi connectivity index (χ2v) is 7.88. The number of para-hydroxylation sites is 1. The van der Waals surface area contributed by atoms with E-state index in [0.717, 1.165) is 18.2 Å². The van der Waals surface area contributed by atoms with E-state index in [9.17, 15) is 23.2 Å². The average Bonchev–Trinajstić information content (AvgIpc) is 2.72. The number of carbonyl (C=O) groups excluding carboxylic acids is 3. The van der Waals surface area contributed by atoms with E-state index in [2.05, 4.69) is 21.2 Å². The van der Waals surface area contributed by atoms with Gasteiger partial charge in [-0.2, -0.15) is 11.8 Å². The van der Waals surface area contributed by atoms with Crippen LogP contribution in [0.25, 0.3) is 0 Å². The summed E-state index contributed by atoms with van der Waals surface area (Å²) in [6.45, 7) is -0.757. The Morgan fingerprint density at radius 3 is 2.40 bits per heavy atom. The zero-order valence-electron chi connectivity index (χ0n) is 15.9. The Morgan fingerprint density at radius 1 is 1.10 bits per heavy atom. The van der Waals surface area contributed by atoms with Crippen LogP contribution < -0.4 is 10.6 Å². The standard InChI is InChI=1S/C20H19BrF2N2O4S/c1-30-10-9-16(24-19(27)12-5-2-3-6-13(12)21)20(28)29-11-17(26)25-18-14(22)7-4-8-15(18)23/h2-8,16H,9-11H2,1H3,(H,24,27)(H,25,26)/t16-/m0/s1. The minimum atomic E-state index is -0.991. The fourth-order valence-corrected chi connectivity index (χ4v) is 3.33. The smallest absolute Gasteiger partial charge is 0.329 e. The molecule has 0 aliphatic carbocycles. The second-order valence-electron chi connectivity index (χ2n) is 6.04. The van der Waals surface area contributed by atoms with Crippen LogP contribution in [-0.4, -0.2) is 42.4 Å². The summed E-state index contributed by atoms with van der Waals surface area (Å²) in [5, 5.41) is 4.62. The predicted octanol–water partition coefficient (Wildman–Crippen LogP) is 3.76. The number of rotatable bonds is 9. The molecular weight excluding hydrogens is 482 g/mol. The fourth-order valence-electron chi connectivity index (χ4n) is 2.40. The lowest BCUT2D eigenvalue weighted by Gasteiger charge is -2.18. The highest BCUT2D eigenvalue weighted by atomic mass is 79.9. The third-order valence-electron chi connectivity index (χ3n) is 3.89. The number of thioether (sulfide) groups is 1. The van der Waals surface area contributed by atoms with E-state index in [-0.39, 0.29) is 6.42 Å². The first-order chi connectivity index (χ1) is 14.3. The minimum absolute atomic E-state index is 0.278. The van der Waals surface area contributed by atoms with E-state index < -0.39 is 47.8 Å². The monoisotopic (exact) mass is 500 g/mol. The van der Waals surface area contributed by atoms with Gasteiger partial charge in [0.2, 0.25) is 0 Å². The van der Waals surface area contributed by atoms with Crippen molar-refractivity contribution in [2.24, 2.45) is 0 Å². The molecule has 0 saturated carbocycles. The van der Waals surface area contributed by atoms with Crippen LogP contribution >= 0.6 is 27.7 Å². The van der Waals surface area contributed by atoms with Gasteiger partial charge in [0.05, 0.1) is 5.56 Å². The molecule has 160 valence electrons. The van der Waals surface area contributed by atoms with Gasteiger partial charge in [-0.1, -0.05) is 18.2 Å². The Morgan fingerprint density at radius 2 is 1.77 bits per heavy atom. The lowest BCUT2D eigenvalue weighted by molar-refractivity contribution is -0.149. The van der Waals surface area contributed by atoms with E-state index in [1.54, 1.807) is 24.3 Å². The van der Waals surface area contributed by atoms with Crippen LogP contribution in [0.3, 0.4) is 0 Å². The number of benzene rings is 2. The van der Waals surface area contributed by atoms with Crippen molar-refractivity contribution < 1.29 is 27.9 Å². The lowest BCUT2D eigenvalue weighted by Crippen LogP contribution is -2.43. The van der Waals surface area contributed by atoms with Crippen LogP contribution in [-0.2, 0) is 14.3 Å². The Balaban J connectivity index is 1.98. The van der Waals surface area contributed by atoms with Crippen LogP contribution in [0.4, 0.5) is 14.5 Å². The van der Waals surface area contributed by atoms with Crippen molar-refractivity contribution in [3.63, 3.8) is 0 Å². The Bertz CT molecular complexity index is 909. The van der Waals surface area contributed by atoms with Crippen molar-refractivity contribution in [2.75, 3.05) is 23.9 Å². The van der Waals surface area contributed by atoms with Gasteiger partial charge in [0.15, 0.2) is 6.61 Å². The molecule has 1 atom stereocenters. The topological polar surface area (TPSA) is 84.5 Å². The van der Waals surface area contributed by atoms with Gasteiger partial charge < -0.3 is 15.4 Å². The summed E-state index contributed by atoms with van der Waals surface area (Å²) in [4.78, 5) is 36.8. The first-order valence-corrected chi connectivity index (χ1v) is 11.0. The highest BCUT2D eigenvalue weighted by molar-refractivity contribution is 9.10. The summed E-state index contributed by atoms with van der Waals surface area (Å²) in [6.07, 6.45) is 2.12. The number of halogens is 3.